The molecule has 2 aliphatic rings. The third kappa shape index (κ3) is 4.88. The minimum atomic E-state index is -0.0988. The molecule has 1 aromatic heterocycles. The van der Waals surface area contributed by atoms with Crippen molar-refractivity contribution in [3.05, 3.63) is 18.5 Å². The van der Waals surface area contributed by atoms with Crippen molar-refractivity contribution >= 4 is 17.8 Å². The van der Waals surface area contributed by atoms with Gasteiger partial charge in [-0.25, -0.2) is 9.97 Å². The van der Waals surface area contributed by atoms with Crippen molar-refractivity contribution in [2.75, 3.05) is 44.2 Å². The van der Waals surface area contributed by atoms with Gasteiger partial charge in [0, 0.05) is 51.5 Å². The van der Waals surface area contributed by atoms with Crippen molar-refractivity contribution in [1.29, 1.82) is 0 Å². The second-order valence-electron chi connectivity index (χ2n) is 6.46. The molecule has 2 aliphatic heterocycles. The summed E-state index contributed by atoms with van der Waals surface area (Å²) >= 11 is 0. The van der Waals surface area contributed by atoms with E-state index in [1.807, 2.05) is 4.90 Å². The second-order valence-corrected chi connectivity index (χ2v) is 6.46. The smallest absolute Gasteiger partial charge is 0.237 e. The van der Waals surface area contributed by atoms with Crippen LogP contribution in [0, 0.1) is 0 Å². The molecule has 8 heteroatoms. The van der Waals surface area contributed by atoms with E-state index >= 15 is 0 Å². The van der Waals surface area contributed by atoms with Gasteiger partial charge in [0.25, 0.3) is 0 Å². The van der Waals surface area contributed by atoms with Crippen LogP contribution in [0.3, 0.4) is 0 Å². The number of piperazine rings is 1. The number of aromatic nitrogens is 2. The number of carbonyl (C=O) groups excluding carboxylic acids is 2. The SMILES string of the molecule is O=C(NCCC(=O)N1CCN(c2ncccn2)CC1)[C@H]1CCCCN1. The van der Waals surface area contributed by atoms with Crippen LogP contribution in [0.4, 0.5) is 5.95 Å². The fourth-order valence-electron chi connectivity index (χ4n) is 3.26. The Kier molecular flexibility index (Phi) is 6.16. The molecule has 1 aromatic rings. The molecule has 0 saturated carbocycles. The lowest BCUT2D eigenvalue weighted by Crippen LogP contribution is -2.50. The van der Waals surface area contributed by atoms with E-state index in [-0.39, 0.29) is 17.9 Å². The Bertz CT molecular complexity index is 568. The van der Waals surface area contributed by atoms with Crippen LogP contribution in [0.1, 0.15) is 25.7 Å². The molecule has 2 N–H and O–H groups in total. The predicted octanol–water partition coefficient (Wildman–Crippen LogP) is -0.226. The Hall–Kier alpha value is -2.22. The first-order valence-corrected chi connectivity index (χ1v) is 9.05. The van der Waals surface area contributed by atoms with E-state index < -0.39 is 0 Å². The molecule has 0 radical (unpaired) electrons. The molecule has 25 heavy (non-hydrogen) atoms. The van der Waals surface area contributed by atoms with Crippen molar-refractivity contribution in [3.63, 3.8) is 0 Å². The van der Waals surface area contributed by atoms with Gasteiger partial charge in [-0.2, -0.15) is 0 Å². The van der Waals surface area contributed by atoms with Gasteiger partial charge in [0.05, 0.1) is 6.04 Å². The Morgan fingerprint density at radius 3 is 2.60 bits per heavy atom. The first-order valence-electron chi connectivity index (χ1n) is 9.05. The molecule has 2 amide bonds. The monoisotopic (exact) mass is 346 g/mol. The van der Waals surface area contributed by atoms with Crippen molar-refractivity contribution in [3.8, 4) is 0 Å². The summed E-state index contributed by atoms with van der Waals surface area (Å²) in [5.41, 5.74) is 0. The Morgan fingerprint density at radius 2 is 1.92 bits per heavy atom. The summed E-state index contributed by atoms with van der Waals surface area (Å²) in [6.45, 7) is 4.08. The summed E-state index contributed by atoms with van der Waals surface area (Å²) in [6, 6.07) is 1.69. The lowest BCUT2D eigenvalue weighted by molar-refractivity contribution is -0.131. The number of nitrogens with one attached hydrogen (secondary N) is 2. The number of hydrogen-bond donors (Lipinski definition) is 2. The van der Waals surface area contributed by atoms with E-state index in [2.05, 4.69) is 25.5 Å². The molecule has 8 nitrogen and oxygen atoms in total. The number of hydrogen-bond acceptors (Lipinski definition) is 6. The van der Waals surface area contributed by atoms with Crippen LogP contribution < -0.4 is 15.5 Å². The molecule has 0 aromatic carbocycles. The summed E-state index contributed by atoms with van der Waals surface area (Å²) in [6.07, 6.45) is 6.89. The van der Waals surface area contributed by atoms with Crippen LogP contribution in [0.2, 0.25) is 0 Å². The highest BCUT2D eigenvalue weighted by Gasteiger charge is 2.23. The van der Waals surface area contributed by atoms with Crippen LogP contribution in [-0.4, -0.2) is 72.0 Å². The summed E-state index contributed by atoms with van der Waals surface area (Å²) in [4.78, 5) is 36.8. The first-order chi connectivity index (χ1) is 12.2. The number of nitrogens with zero attached hydrogens (tertiary/aromatic N) is 4. The molecule has 1 atom stereocenters. The number of rotatable bonds is 5. The van der Waals surface area contributed by atoms with Gasteiger partial charge in [0.15, 0.2) is 0 Å². The van der Waals surface area contributed by atoms with Gasteiger partial charge in [0.2, 0.25) is 17.8 Å². The first kappa shape index (κ1) is 17.6. The molecule has 0 unspecified atom stereocenters. The lowest BCUT2D eigenvalue weighted by Gasteiger charge is -2.34. The molecule has 0 spiro atoms. The fourth-order valence-corrected chi connectivity index (χ4v) is 3.26. The van der Waals surface area contributed by atoms with E-state index in [0.29, 0.717) is 32.0 Å². The molecule has 2 saturated heterocycles. The summed E-state index contributed by atoms with van der Waals surface area (Å²) in [7, 11) is 0. The van der Waals surface area contributed by atoms with Crippen molar-refractivity contribution in [1.82, 2.24) is 25.5 Å². The molecule has 3 rings (SSSR count). The fraction of sp³-hybridized carbons (Fsp3) is 0.647. The van der Waals surface area contributed by atoms with E-state index in [0.717, 1.165) is 38.9 Å². The third-order valence-electron chi connectivity index (χ3n) is 4.73. The maximum atomic E-state index is 12.3. The van der Waals surface area contributed by atoms with E-state index in [9.17, 15) is 9.59 Å². The van der Waals surface area contributed by atoms with Gasteiger partial charge >= 0.3 is 0 Å². The highest BCUT2D eigenvalue weighted by Crippen LogP contribution is 2.10. The molecule has 136 valence electrons. The van der Waals surface area contributed by atoms with E-state index in [1.165, 1.54) is 0 Å². The Labute approximate surface area is 148 Å². The van der Waals surface area contributed by atoms with Crippen molar-refractivity contribution < 1.29 is 9.59 Å². The van der Waals surface area contributed by atoms with Gasteiger partial charge in [-0.3, -0.25) is 9.59 Å². The van der Waals surface area contributed by atoms with Gasteiger partial charge in [-0.05, 0) is 25.5 Å². The number of amides is 2. The normalized spacial score (nSPS) is 21.0. The van der Waals surface area contributed by atoms with Gasteiger partial charge in [-0.1, -0.05) is 6.42 Å². The van der Waals surface area contributed by atoms with Gasteiger partial charge in [0.1, 0.15) is 0 Å². The zero-order valence-electron chi connectivity index (χ0n) is 14.5. The summed E-state index contributed by atoms with van der Waals surface area (Å²) in [5, 5.41) is 6.09. The average Bonchev–Trinajstić information content (AvgIpc) is 2.69. The summed E-state index contributed by atoms with van der Waals surface area (Å²) in [5.74, 6) is 0.811. The maximum absolute atomic E-state index is 12.3. The molecule has 0 bridgehead atoms. The largest absolute Gasteiger partial charge is 0.354 e. The highest BCUT2D eigenvalue weighted by atomic mass is 16.2. The minimum Gasteiger partial charge on any atom is -0.354 e. The quantitative estimate of drug-likeness (QED) is 0.766. The summed E-state index contributed by atoms with van der Waals surface area (Å²) < 4.78 is 0. The molecular formula is C17H26N6O2. The predicted molar refractivity (Wildman–Crippen MR) is 94.1 cm³/mol. The van der Waals surface area contributed by atoms with Crippen LogP contribution >= 0.6 is 0 Å². The van der Waals surface area contributed by atoms with Gasteiger partial charge < -0.3 is 20.4 Å². The van der Waals surface area contributed by atoms with Gasteiger partial charge in [-0.15, -0.1) is 0 Å². The van der Waals surface area contributed by atoms with Crippen LogP contribution in [0.25, 0.3) is 0 Å². The van der Waals surface area contributed by atoms with Crippen molar-refractivity contribution in [2.45, 2.75) is 31.7 Å². The molecule has 0 aliphatic carbocycles. The third-order valence-corrected chi connectivity index (χ3v) is 4.73. The zero-order valence-corrected chi connectivity index (χ0v) is 14.5. The van der Waals surface area contributed by atoms with Crippen molar-refractivity contribution in [2.24, 2.45) is 0 Å². The number of anilines is 1. The second kappa shape index (κ2) is 8.75. The lowest BCUT2D eigenvalue weighted by atomic mass is 10.0. The standard InChI is InChI=1S/C17H26N6O2/c24-15(5-9-19-16(25)14-4-1-2-6-18-14)22-10-12-23(13-11-22)17-20-7-3-8-21-17/h3,7-8,14,18H,1-2,4-6,9-13H2,(H,19,25)/t14-/m1/s1. The topological polar surface area (TPSA) is 90.5 Å². The zero-order chi connectivity index (χ0) is 17.5. The number of carbonyl (C=O) groups is 2. The Balaban J connectivity index is 1.36. The molecule has 2 fully saturated rings. The molecule has 3 heterocycles. The van der Waals surface area contributed by atoms with Crippen LogP contribution in [-0.2, 0) is 9.59 Å². The maximum Gasteiger partial charge on any atom is 0.237 e. The molecular weight excluding hydrogens is 320 g/mol. The van der Waals surface area contributed by atoms with Crippen LogP contribution in [0.15, 0.2) is 18.5 Å². The Morgan fingerprint density at radius 1 is 1.16 bits per heavy atom. The number of piperidine rings is 1. The average molecular weight is 346 g/mol. The van der Waals surface area contributed by atoms with E-state index in [4.69, 9.17) is 0 Å². The van der Waals surface area contributed by atoms with Crippen LogP contribution in [0.5, 0.6) is 0 Å². The van der Waals surface area contributed by atoms with E-state index in [1.54, 1.807) is 18.5 Å². The highest BCUT2D eigenvalue weighted by molar-refractivity contribution is 5.83. The minimum absolute atomic E-state index is 0.0125.